The first-order valence-corrected chi connectivity index (χ1v) is 6.73. The third-order valence-electron chi connectivity index (χ3n) is 3.28. The van der Waals surface area contributed by atoms with Gasteiger partial charge in [0.05, 0.1) is 18.9 Å². The molecule has 0 bridgehead atoms. The summed E-state index contributed by atoms with van der Waals surface area (Å²) in [4.78, 5) is 12.5. The van der Waals surface area contributed by atoms with E-state index in [2.05, 4.69) is 15.5 Å². The first kappa shape index (κ1) is 13.9. The number of furan rings is 1. The number of hydrogen-bond donors (Lipinski definition) is 2. The van der Waals surface area contributed by atoms with Crippen LogP contribution in [0.4, 0.5) is 5.69 Å². The van der Waals surface area contributed by atoms with Crippen LogP contribution in [0.25, 0.3) is 11.5 Å². The van der Waals surface area contributed by atoms with Crippen LogP contribution in [0.1, 0.15) is 16.1 Å². The van der Waals surface area contributed by atoms with Gasteiger partial charge in [-0.3, -0.25) is 9.89 Å². The fourth-order valence-corrected chi connectivity index (χ4v) is 2.17. The molecule has 1 amide bonds. The zero-order valence-corrected chi connectivity index (χ0v) is 12.2. The highest BCUT2D eigenvalue weighted by atomic mass is 16.5. The molecule has 0 unspecified atom stereocenters. The summed E-state index contributed by atoms with van der Waals surface area (Å²) in [5, 5.41) is 9.81. The van der Waals surface area contributed by atoms with Gasteiger partial charge in [-0.1, -0.05) is 0 Å². The molecule has 22 heavy (non-hydrogen) atoms. The topological polar surface area (TPSA) is 80.2 Å². The zero-order chi connectivity index (χ0) is 15.5. The van der Waals surface area contributed by atoms with E-state index in [9.17, 15) is 4.79 Å². The molecule has 1 aromatic carbocycles. The maximum absolute atomic E-state index is 12.5. The number of aryl methyl sites for hydroxylation is 1. The Morgan fingerprint density at radius 3 is 2.68 bits per heavy atom. The average molecular weight is 297 g/mol. The first-order chi connectivity index (χ1) is 10.7. The average Bonchev–Trinajstić information content (AvgIpc) is 3.17. The monoisotopic (exact) mass is 297 g/mol. The Morgan fingerprint density at radius 2 is 2.05 bits per heavy atom. The second-order valence-electron chi connectivity index (χ2n) is 4.73. The van der Waals surface area contributed by atoms with Gasteiger partial charge in [0.15, 0.2) is 5.76 Å². The Morgan fingerprint density at radius 1 is 1.27 bits per heavy atom. The number of aromatic amines is 1. The molecule has 0 aliphatic carbocycles. The number of amides is 1. The molecule has 2 N–H and O–H groups in total. The van der Waals surface area contributed by atoms with E-state index in [-0.39, 0.29) is 5.91 Å². The fraction of sp³-hybridized carbons (Fsp3) is 0.125. The molecule has 2 heterocycles. The molecular formula is C16H15N3O3. The summed E-state index contributed by atoms with van der Waals surface area (Å²) in [6, 6.07) is 10.6. The SMILES string of the molecule is COc1ccc(NC(=O)c2c(-c3ccco3)n[nH]c2C)cc1. The van der Waals surface area contributed by atoms with Gasteiger partial charge in [0, 0.05) is 11.4 Å². The minimum atomic E-state index is -0.247. The number of H-pyrrole nitrogens is 1. The number of benzene rings is 1. The van der Waals surface area contributed by atoms with E-state index in [1.165, 1.54) is 0 Å². The predicted octanol–water partition coefficient (Wildman–Crippen LogP) is 3.24. The van der Waals surface area contributed by atoms with Gasteiger partial charge in [0.1, 0.15) is 11.4 Å². The first-order valence-electron chi connectivity index (χ1n) is 6.73. The number of ether oxygens (including phenoxy) is 1. The predicted molar refractivity (Wildman–Crippen MR) is 82.0 cm³/mol. The van der Waals surface area contributed by atoms with Gasteiger partial charge in [0.25, 0.3) is 5.91 Å². The van der Waals surface area contributed by atoms with Gasteiger partial charge >= 0.3 is 0 Å². The molecule has 6 nitrogen and oxygen atoms in total. The van der Waals surface area contributed by atoms with Crippen molar-refractivity contribution in [1.82, 2.24) is 10.2 Å². The second kappa shape index (κ2) is 5.77. The molecular weight excluding hydrogens is 282 g/mol. The van der Waals surface area contributed by atoms with E-state index in [0.29, 0.717) is 28.4 Å². The molecule has 3 aromatic rings. The molecule has 0 saturated carbocycles. The summed E-state index contributed by atoms with van der Waals surface area (Å²) in [5.41, 5.74) is 2.31. The smallest absolute Gasteiger partial charge is 0.259 e. The van der Waals surface area contributed by atoms with Crippen molar-refractivity contribution < 1.29 is 13.9 Å². The second-order valence-corrected chi connectivity index (χ2v) is 4.73. The Hall–Kier alpha value is -3.02. The minimum absolute atomic E-state index is 0.247. The lowest BCUT2D eigenvalue weighted by molar-refractivity contribution is 0.102. The Labute approximate surface area is 127 Å². The van der Waals surface area contributed by atoms with E-state index in [4.69, 9.17) is 9.15 Å². The quantitative estimate of drug-likeness (QED) is 0.774. The third-order valence-corrected chi connectivity index (χ3v) is 3.28. The maximum Gasteiger partial charge on any atom is 0.259 e. The number of carbonyl (C=O) groups is 1. The van der Waals surface area contributed by atoms with Crippen molar-refractivity contribution in [3.8, 4) is 17.2 Å². The Kier molecular flexibility index (Phi) is 3.65. The van der Waals surface area contributed by atoms with Crippen LogP contribution >= 0.6 is 0 Å². The molecule has 3 rings (SSSR count). The van der Waals surface area contributed by atoms with Gasteiger partial charge in [-0.15, -0.1) is 0 Å². The van der Waals surface area contributed by atoms with Gasteiger partial charge in [-0.05, 0) is 43.3 Å². The maximum atomic E-state index is 12.5. The highest BCUT2D eigenvalue weighted by Gasteiger charge is 2.21. The highest BCUT2D eigenvalue weighted by Crippen LogP contribution is 2.25. The summed E-state index contributed by atoms with van der Waals surface area (Å²) in [6.45, 7) is 1.79. The van der Waals surface area contributed by atoms with Crippen molar-refractivity contribution in [1.29, 1.82) is 0 Å². The molecule has 0 spiro atoms. The zero-order valence-electron chi connectivity index (χ0n) is 12.2. The van der Waals surface area contributed by atoms with E-state index < -0.39 is 0 Å². The van der Waals surface area contributed by atoms with E-state index in [1.54, 1.807) is 56.7 Å². The van der Waals surface area contributed by atoms with E-state index in [0.717, 1.165) is 5.75 Å². The van der Waals surface area contributed by atoms with Crippen LogP contribution < -0.4 is 10.1 Å². The van der Waals surface area contributed by atoms with Crippen LogP contribution in [-0.4, -0.2) is 23.2 Å². The molecule has 2 aromatic heterocycles. The van der Waals surface area contributed by atoms with Crippen molar-refractivity contribution >= 4 is 11.6 Å². The van der Waals surface area contributed by atoms with Gasteiger partial charge in [-0.25, -0.2) is 0 Å². The summed E-state index contributed by atoms with van der Waals surface area (Å²) in [7, 11) is 1.60. The lowest BCUT2D eigenvalue weighted by Crippen LogP contribution is -2.13. The lowest BCUT2D eigenvalue weighted by atomic mass is 10.1. The van der Waals surface area contributed by atoms with Crippen molar-refractivity contribution in [2.45, 2.75) is 6.92 Å². The molecule has 0 atom stereocenters. The number of aromatic nitrogens is 2. The molecule has 112 valence electrons. The molecule has 0 aliphatic rings. The number of anilines is 1. The molecule has 0 fully saturated rings. The third kappa shape index (κ3) is 2.58. The Bertz CT molecular complexity index is 774. The highest BCUT2D eigenvalue weighted by molar-refractivity contribution is 6.08. The fourth-order valence-electron chi connectivity index (χ4n) is 2.17. The number of methoxy groups -OCH3 is 1. The van der Waals surface area contributed by atoms with Gasteiger partial charge < -0.3 is 14.5 Å². The number of nitrogens with zero attached hydrogens (tertiary/aromatic N) is 1. The minimum Gasteiger partial charge on any atom is -0.497 e. The molecule has 0 radical (unpaired) electrons. The van der Waals surface area contributed by atoms with Crippen molar-refractivity contribution in [3.63, 3.8) is 0 Å². The summed E-state index contributed by atoms with van der Waals surface area (Å²) in [5.74, 6) is 1.03. The standard InChI is InChI=1S/C16H15N3O3/c1-10-14(15(19-18-10)13-4-3-9-22-13)16(20)17-11-5-7-12(21-2)8-6-11/h3-9H,1-2H3,(H,17,20)(H,18,19). The number of carbonyl (C=O) groups excluding carboxylic acids is 1. The van der Waals surface area contributed by atoms with Crippen molar-refractivity contribution in [3.05, 3.63) is 53.9 Å². The van der Waals surface area contributed by atoms with Gasteiger partial charge in [0.2, 0.25) is 0 Å². The number of rotatable bonds is 4. The van der Waals surface area contributed by atoms with E-state index in [1.807, 2.05) is 0 Å². The molecule has 0 aliphatic heterocycles. The molecule has 0 saturated heterocycles. The van der Waals surface area contributed by atoms with Crippen LogP contribution in [0.5, 0.6) is 5.75 Å². The van der Waals surface area contributed by atoms with Crippen molar-refractivity contribution in [2.75, 3.05) is 12.4 Å². The molecule has 6 heteroatoms. The van der Waals surface area contributed by atoms with E-state index >= 15 is 0 Å². The normalized spacial score (nSPS) is 10.5. The summed E-state index contributed by atoms with van der Waals surface area (Å²) in [6.07, 6.45) is 1.55. The van der Waals surface area contributed by atoms with Crippen LogP contribution in [-0.2, 0) is 0 Å². The van der Waals surface area contributed by atoms with Gasteiger partial charge in [-0.2, -0.15) is 5.10 Å². The van der Waals surface area contributed by atoms with Crippen LogP contribution in [0.2, 0.25) is 0 Å². The van der Waals surface area contributed by atoms with Crippen LogP contribution in [0, 0.1) is 6.92 Å². The summed E-state index contributed by atoms with van der Waals surface area (Å²) < 4.78 is 10.4. The largest absolute Gasteiger partial charge is 0.497 e. The van der Waals surface area contributed by atoms with Crippen LogP contribution in [0.3, 0.4) is 0 Å². The van der Waals surface area contributed by atoms with Crippen LogP contribution in [0.15, 0.2) is 47.1 Å². The lowest BCUT2D eigenvalue weighted by Gasteiger charge is -2.06. The number of nitrogens with one attached hydrogen (secondary N) is 2. The van der Waals surface area contributed by atoms with Crippen molar-refractivity contribution in [2.24, 2.45) is 0 Å². The Balaban J connectivity index is 1.87. The number of hydrogen-bond acceptors (Lipinski definition) is 4. The summed E-state index contributed by atoms with van der Waals surface area (Å²) >= 11 is 0.